The van der Waals surface area contributed by atoms with Crippen LogP contribution in [-0.4, -0.2) is 29.4 Å². The first-order valence-corrected chi connectivity index (χ1v) is 8.26. The van der Waals surface area contributed by atoms with Crippen LogP contribution < -0.4 is 10.6 Å². The summed E-state index contributed by atoms with van der Waals surface area (Å²) in [5.41, 5.74) is 0.636. The Balaban J connectivity index is 1.86. The average molecular weight is 320 g/mol. The topological polar surface area (TPSA) is 70.6 Å². The number of phenolic OH excluding ortho intramolecular Hbond substituents is 1. The Hall–Kier alpha value is -1.75. The lowest BCUT2D eigenvalue weighted by atomic mass is 10.1. The van der Waals surface area contributed by atoms with E-state index >= 15 is 0 Å². The van der Waals surface area contributed by atoms with Gasteiger partial charge in [-0.25, -0.2) is 4.79 Å². The van der Waals surface area contributed by atoms with Crippen molar-refractivity contribution in [1.29, 1.82) is 0 Å². The van der Waals surface area contributed by atoms with Crippen LogP contribution in [0, 0.1) is 5.92 Å². The molecule has 1 aliphatic rings. The number of ether oxygens (including phenoxy) is 1. The lowest BCUT2D eigenvalue weighted by Gasteiger charge is -2.25. The maximum atomic E-state index is 11.8. The van der Waals surface area contributed by atoms with Gasteiger partial charge in [-0.3, -0.25) is 0 Å². The van der Waals surface area contributed by atoms with Gasteiger partial charge in [0.05, 0.1) is 0 Å². The molecule has 1 fully saturated rings. The normalized spacial score (nSPS) is 17.4. The molecule has 0 radical (unpaired) electrons. The molecule has 3 N–H and O–H groups in total. The van der Waals surface area contributed by atoms with E-state index in [4.69, 9.17) is 4.74 Å². The Morgan fingerprint density at radius 3 is 2.43 bits per heavy atom. The number of benzene rings is 1. The van der Waals surface area contributed by atoms with Gasteiger partial charge in [-0.05, 0) is 64.2 Å². The molecule has 0 saturated heterocycles. The highest BCUT2D eigenvalue weighted by atomic mass is 16.6. The van der Waals surface area contributed by atoms with E-state index < -0.39 is 5.60 Å². The Bertz CT molecular complexity index is 518. The molecule has 0 bridgehead atoms. The van der Waals surface area contributed by atoms with Gasteiger partial charge in [0.1, 0.15) is 11.4 Å². The molecule has 1 amide bonds. The van der Waals surface area contributed by atoms with Crippen LogP contribution >= 0.6 is 0 Å². The fourth-order valence-electron chi connectivity index (χ4n) is 2.55. The first-order chi connectivity index (χ1) is 10.7. The number of nitrogens with one attached hydrogen (secondary N) is 2. The number of hydrogen-bond acceptors (Lipinski definition) is 4. The number of hydrogen-bond donors (Lipinski definition) is 3. The summed E-state index contributed by atoms with van der Waals surface area (Å²) in [5.74, 6) is 0.871. The van der Waals surface area contributed by atoms with Crippen LogP contribution in [0.15, 0.2) is 24.3 Å². The number of carbonyl (C=O) groups excluding carboxylic acids is 1. The molecule has 5 nitrogen and oxygen atoms in total. The molecular weight excluding hydrogens is 292 g/mol. The molecule has 0 aromatic heterocycles. The summed E-state index contributed by atoms with van der Waals surface area (Å²) in [5, 5.41) is 15.8. The maximum Gasteiger partial charge on any atom is 0.407 e. The van der Waals surface area contributed by atoms with E-state index in [-0.39, 0.29) is 23.9 Å². The van der Waals surface area contributed by atoms with E-state index in [1.807, 2.05) is 32.9 Å². The minimum absolute atomic E-state index is 0.154. The van der Waals surface area contributed by atoms with Crippen LogP contribution in [0.4, 0.5) is 4.79 Å². The van der Waals surface area contributed by atoms with Crippen molar-refractivity contribution < 1.29 is 14.6 Å². The lowest BCUT2D eigenvalue weighted by molar-refractivity contribution is 0.0520. The van der Waals surface area contributed by atoms with Crippen molar-refractivity contribution in [1.82, 2.24) is 10.6 Å². The molecule has 23 heavy (non-hydrogen) atoms. The van der Waals surface area contributed by atoms with E-state index in [1.165, 1.54) is 12.8 Å². The monoisotopic (exact) mass is 320 g/mol. The van der Waals surface area contributed by atoms with E-state index in [2.05, 4.69) is 17.6 Å². The number of phenols is 1. The second-order valence-corrected chi connectivity index (χ2v) is 7.31. The highest BCUT2D eigenvalue weighted by Gasteiger charge is 2.32. The molecule has 1 aliphatic carbocycles. The van der Waals surface area contributed by atoms with Gasteiger partial charge in [-0.15, -0.1) is 0 Å². The molecule has 5 heteroatoms. The van der Waals surface area contributed by atoms with Crippen molar-refractivity contribution in [3.05, 3.63) is 29.8 Å². The number of rotatable bonds is 6. The zero-order chi connectivity index (χ0) is 17.0. The molecule has 1 saturated carbocycles. The Morgan fingerprint density at radius 2 is 1.91 bits per heavy atom. The molecule has 2 atom stereocenters. The summed E-state index contributed by atoms with van der Waals surface area (Å²) in [6.45, 7) is 8.22. The number of amides is 1. The van der Waals surface area contributed by atoms with Crippen LogP contribution in [-0.2, 0) is 4.74 Å². The Kier molecular flexibility index (Phi) is 5.52. The predicted molar refractivity (Wildman–Crippen MR) is 90.4 cm³/mol. The van der Waals surface area contributed by atoms with Gasteiger partial charge in [-0.2, -0.15) is 0 Å². The van der Waals surface area contributed by atoms with Crippen molar-refractivity contribution in [3.63, 3.8) is 0 Å². The summed E-state index contributed by atoms with van der Waals surface area (Å²) < 4.78 is 5.29. The summed E-state index contributed by atoms with van der Waals surface area (Å²) in [7, 11) is 0. The first kappa shape index (κ1) is 17.6. The van der Waals surface area contributed by atoms with Gasteiger partial charge < -0.3 is 20.5 Å². The second-order valence-electron chi connectivity index (χ2n) is 7.31. The quantitative estimate of drug-likeness (QED) is 0.752. The van der Waals surface area contributed by atoms with Gasteiger partial charge >= 0.3 is 6.09 Å². The minimum Gasteiger partial charge on any atom is -0.508 e. The van der Waals surface area contributed by atoms with Crippen LogP contribution in [0.1, 0.15) is 52.1 Å². The lowest BCUT2D eigenvalue weighted by Crippen LogP contribution is -2.44. The van der Waals surface area contributed by atoms with E-state index in [1.54, 1.807) is 12.1 Å². The SMILES string of the molecule is CC(NC(CNC(=O)OC(C)(C)C)C1CC1)c1ccc(O)cc1. The Morgan fingerprint density at radius 1 is 1.30 bits per heavy atom. The maximum absolute atomic E-state index is 11.8. The fourth-order valence-corrected chi connectivity index (χ4v) is 2.55. The molecule has 1 aromatic rings. The Labute approximate surface area is 138 Å². The van der Waals surface area contributed by atoms with Crippen molar-refractivity contribution in [2.45, 2.75) is 58.2 Å². The molecular formula is C18H28N2O3. The van der Waals surface area contributed by atoms with E-state index in [0.29, 0.717) is 12.5 Å². The smallest absolute Gasteiger partial charge is 0.407 e. The average Bonchev–Trinajstić information content (AvgIpc) is 3.26. The zero-order valence-electron chi connectivity index (χ0n) is 14.4. The van der Waals surface area contributed by atoms with Gasteiger partial charge in [0.15, 0.2) is 0 Å². The molecule has 0 spiro atoms. The molecule has 2 unspecified atom stereocenters. The predicted octanol–water partition coefficient (Wildman–Crippen LogP) is 3.35. The highest BCUT2D eigenvalue weighted by Crippen LogP contribution is 2.33. The third-order valence-electron chi connectivity index (χ3n) is 3.91. The van der Waals surface area contributed by atoms with Gasteiger partial charge in [0, 0.05) is 18.6 Å². The highest BCUT2D eigenvalue weighted by molar-refractivity contribution is 5.67. The summed E-state index contributed by atoms with van der Waals surface area (Å²) in [6, 6.07) is 7.60. The minimum atomic E-state index is -0.480. The zero-order valence-corrected chi connectivity index (χ0v) is 14.4. The van der Waals surface area contributed by atoms with Crippen LogP contribution in [0.2, 0.25) is 0 Å². The molecule has 0 aliphatic heterocycles. The van der Waals surface area contributed by atoms with Crippen LogP contribution in [0.3, 0.4) is 0 Å². The first-order valence-electron chi connectivity index (χ1n) is 8.26. The van der Waals surface area contributed by atoms with Crippen molar-refractivity contribution in [2.75, 3.05) is 6.54 Å². The standard InChI is InChI=1S/C18H28N2O3/c1-12(13-7-9-15(21)10-8-13)20-16(14-5-6-14)11-19-17(22)23-18(2,3)4/h7-10,12,14,16,20-21H,5-6,11H2,1-4H3,(H,19,22). The number of carbonyl (C=O) groups is 1. The summed E-state index contributed by atoms with van der Waals surface area (Å²) in [6.07, 6.45) is 2.01. The molecule has 1 aromatic carbocycles. The summed E-state index contributed by atoms with van der Waals surface area (Å²) in [4.78, 5) is 11.8. The van der Waals surface area contributed by atoms with Crippen molar-refractivity contribution in [2.24, 2.45) is 5.92 Å². The summed E-state index contributed by atoms with van der Waals surface area (Å²) >= 11 is 0. The fraction of sp³-hybridized carbons (Fsp3) is 0.611. The van der Waals surface area contributed by atoms with Crippen molar-refractivity contribution in [3.8, 4) is 5.75 Å². The molecule has 128 valence electrons. The van der Waals surface area contributed by atoms with Gasteiger partial charge in [0.25, 0.3) is 0 Å². The third-order valence-corrected chi connectivity index (χ3v) is 3.91. The van der Waals surface area contributed by atoms with Crippen LogP contribution in [0.25, 0.3) is 0 Å². The molecule has 2 rings (SSSR count). The second kappa shape index (κ2) is 7.21. The third kappa shape index (κ3) is 6.10. The number of aromatic hydroxyl groups is 1. The molecule has 0 heterocycles. The van der Waals surface area contributed by atoms with Gasteiger partial charge in [0.2, 0.25) is 0 Å². The van der Waals surface area contributed by atoms with Crippen LogP contribution in [0.5, 0.6) is 5.75 Å². The van der Waals surface area contributed by atoms with E-state index in [9.17, 15) is 9.90 Å². The number of alkyl carbamates (subject to hydrolysis) is 1. The van der Waals surface area contributed by atoms with Crippen molar-refractivity contribution >= 4 is 6.09 Å². The largest absolute Gasteiger partial charge is 0.508 e. The van der Waals surface area contributed by atoms with E-state index in [0.717, 1.165) is 5.56 Å². The van der Waals surface area contributed by atoms with Gasteiger partial charge in [-0.1, -0.05) is 12.1 Å².